The van der Waals surface area contributed by atoms with Crippen LogP contribution in [0.4, 0.5) is 0 Å². The van der Waals surface area contributed by atoms with E-state index in [4.69, 9.17) is 14.2 Å². The highest BCUT2D eigenvalue weighted by Crippen LogP contribution is 2.50. The summed E-state index contributed by atoms with van der Waals surface area (Å²) < 4.78 is 16.6. The van der Waals surface area contributed by atoms with Crippen molar-refractivity contribution in [1.82, 2.24) is 0 Å². The standard InChI is InChI=1S/C17H24O5/c1-10-5-4-8-17(3)15(22-17)14-12(7-6-10)13(16(19)21-14)9-20-11(2)18/h5,12-15H,4,6-9H2,1-3H3/b10-5+/t12-,13+,14-,15-,17-/m0/s1. The quantitative estimate of drug-likeness (QED) is 0.445. The van der Waals surface area contributed by atoms with Gasteiger partial charge in [0.1, 0.15) is 18.8 Å². The first-order valence-electron chi connectivity index (χ1n) is 8.08. The number of rotatable bonds is 2. The number of allylic oxidation sites excluding steroid dienone is 2. The third-order valence-electron chi connectivity index (χ3n) is 5.20. The van der Waals surface area contributed by atoms with E-state index in [1.807, 2.05) is 0 Å². The van der Waals surface area contributed by atoms with Crippen LogP contribution in [0.5, 0.6) is 0 Å². The zero-order valence-electron chi connectivity index (χ0n) is 13.5. The third kappa shape index (κ3) is 2.91. The number of hydrogen-bond acceptors (Lipinski definition) is 5. The Balaban J connectivity index is 1.79. The van der Waals surface area contributed by atoms with Crippen molar-refractivity contribution >= 4 is 11.9 Å². The lowest BCUT2D eigenvalue weighted by Crippen LogP contribution is -2.31. The van der Waals surface area contributed by atoms with Gasteiger partial charge in [-0.1, -0.05) is 11.6 Å². The molecule has 0 spiro atoms. The minimum Gasteiger partial charge on any atom is -0.465 e. The Hall–Kier alpha value is -1.36. The molecule has 0 unspecified atom stereocenters. The van der Waals surface area contributed by atoms with Crippen molar-refractivity contribution in [2.75, 3.05) is 6.61 Å². The van der Waals surface area contributed by atoms with E-state index >= 15 is 0 Å². The average molecular weight is 308 g/mol. The fourth-order valence-electron chi connectivity index (χ4n) is 3.74. The van der Waals surface area contributed by atoms with Crippen LogP contribution in [0.15, 0.2) is 11.6 Å². The second kappa shape index (κ2) is 5.69. The molecule has 5 heteroatoms. The maximum absolute atomic E-state index is 12.2. The molecule has 2 heterocycles. The molecule has 2 saturated heterocycles. The number of epoxide rings is 1. The van der Waals surface area contributed by atoms with Crippen LogP contribution >= 0.6 is 0 Å². The second-order valence-electron chi connectivity index (χ2n) is 6.95. The number of ether oxygens (including phenoxy) is 3. The summed E-state index contributed by atoms with van der Waals surface area (Å²) in [6.07, 6.45) is 5.80. The third-order valence-corrected chi connectivity index (χ3v) is 5.20. The molecule has 0 bridgehead atoms. The summed E-state index contributed by atoms with van der Waals surface area (Å²) in [5.41, 5.74) is 1.15. The smallest absolute Gasteiger partial charge is 0.313 e. The molecule has 2 fully saturated rings. The normalized spacial score (nSPS) is 43.2. The minimum atomic E-state index is -0.366. The van der Waals surface area contributed by atoms with Crippen LogP contribution in [0.2, 0.25) is 0 Å². The van der Waals surface area contributed by atoms with Crippen LogP contribution < -0.4 is 0 Å². The van der Waals surface area contributed by atoms with Crippen LogP contribution in [0.25, 0.3) is 0 Å². The average Bonchev–Trinajstić information content (AvgIpc) is 3.00. The van der Waals surface area contributed by atoms with Crippen molar-refractivity contribution in [1.29, 1.82) is 0 Å². The molecule has 0 amide bonds. The lowest BCUT2D eigenvalue weighted by molar-refractivity contribution is -0.149. The minimum absolute atomic E-state index is 0.0180. The molecule has 2 aliphatic heterocycles. The Morgan fingerprint density at radius 1 is 1.50 bits per heavy atom. The fraction of sp³-hybridized carbons (Fsp3) is 0.765. The first-order valence-corrected chi connectivity index (χ1v) is 8.08. The van der Waals surface area contributed by atoms with Gasteiger partial charge < -0.3 is 14.2 Å². The van der Waals surface area contributed by atoms with Crippen LogP contribution in [0.1, 0.15) is 46.5 Å². The van der Waals surface area contributed by atoms with Crippen LogP contribution in [0, 0.1) is 11.8 Å². The SMILES string of the molecule is CC(=O)OC[C@H]1C(=O)O[C@H]2[C@H]1CC/C(C)=C/CC[C@]1(C)O[C@@H]21. The summed E-state index contributed by atoms with van der Waals surface area (Å²) in [5.74, 6) is -0.926. The molecule has 0 aromatic carbocycles. The van der Waals surface area contributed by atoms with Gasteiger partial charge in [-0.25, -0.2) is 0 Å². The van der Waals surface area contributed by atoms with Gasteiger partial charge in [0.2, 0.25) is 0 Å². The van der Waals surface area contributed by atoms with Gasteiger partial charge in [-0.3, -0.25) is 9.59 Å². The maximum Gasteiger partial charge on any atom is 0.313 e. The van der Waals surface area contributed by atoms with Crippen molar-refractivity contribution in [3.05, 3.63) is 11.6 Å². The van der Waals surface area contributed by atoms with E-state index in [0.29, 0.717) is 0 Å². The molecule has 0 saturated carbocycles. The van der Waals surface area contributed by atoms with Crippen molar-refractivity contribution in [2.24, 2.45) is 11.8 Å². The first-order chi connectivity index (χ1) is 10.4. The largest absolute Gasteiger partial charge is 0.465 e. The van der Waals surface area contributed by atoms with Gasteiger partial charge in [0.05, 0.1) is 11.5 Å². The van der Waals surface area contributed by atoms with Crippen LogP contribution in [-0.4, -0.2) is 36.4 Å². The molecule has 3 rings (SSSR count). The Morgan fingerprint density at radius 3 is 3.00 bits per heavy atom. The van der Waals surface area contributed by atoms with Gasteiger partial charge >= 0.3 is 11.9 Å². The van der Waals surface area contributed by atoms with Crippen molar-refractivity contribution < 1.29 is 23.8 Å². The molecule has 5 nitrogen and oxygen atoms in total. The number of hydrogen-bond donors (Lipinski definition) is 0. The zero-order valence-corrected chi connectivity index (χ0v) is 13.5. The maximum atomic E-state index is 12.2. The van der Waals surface area contributed by atoms with Gasteiger partial charge in [0, 0.05) is 12.8 Å². The Morgan fingerprint density at radius 2 is 2.27 bits per heavy atom. The van der Waals surface area contributed by atoms with E-state index in [1.165, 1.54) is 12.5 Å². The molecule has 22 heavy (non-hydrogen) atoms. The molecule has 0 aromatic rings. The van der Waals surface area contributed by atoms with E-state index < -0.39 is 0 Å². The molecule has 0 aromatic heterocycles. The van der Waals surface area contributed by atoms with Crippen molar-refractivity contribution in [3.63, 3.8) is 0 Å². The Bertz CT molecular complexity index is 511. The monoisotopic (exact) mass is 308 g/mol. The van der Waals surface area contributed by atoms with Crippen molar-refractivity contribution in [2.45, 2.75) is 64.3 Å². The number of carbonyl (C=O) groups excluding carboxylic acids is 2. The van der Waals surface area contributed by atoms with E-state index in [-0.39, 0.29) is 48.2 Å². The van der Waals surface area contributed by atoms with E-state index in [1.54, 1.807) is 0 Å². The van der Waals surface area contributed by atoms with E-state index in [9.17, 15) is 9.59 Å². The van der Waals surface area contributed by atoms with Crippen molar-refractivity contribution in [3.8, 4) is 0 Å². The summed E-state index contributed by atoms with van der Waals surface area (Å²) >= 11 is 0. The zero-order chi connectivity index (χ0) is 15.9. The lowest BCUT2D eigenvalue weighted by atomic mass is 9.81. The summed E-state index contributed by atoms with van der Waals surface area (Å²) in [5, 5.41) is 0. The van der Waals surface area contributed by atoms with Gasteiger partial charge in [0.25, 0.3) is 0 Å². The molecular weight excluding hydrogens is 284 g/mol. The molecule has 0 N–H and O–H groups in total. The van der Waals surface area contributed by atoms with Gasteiger partial charge in [-0.05, 0) is 39.5 Å². The molecule has 3 aliphatic rings. The highest BCUT2D eigenvalue weighted by atomic mass is 16.6. The number of esters is 2. The Labute approximate surface area is 131 Å². The second-order valence-corrected chi connectivity index (χ2v) is 6.95. The van der Waals surface area contributed by atoms with Crippen LogP contribution in [0.3, 0.4) is 0 Å². The first kappa shape index (κ1) is 15.5. The van der Waals surface area contributed by atoms with Crippen LogP contribution in [-0.2, 0) is 23.8 Å². The molecule has 1 aliphatic carbocycles. The summed E-state index contributed by atoms with van der Waals surface area (Å²) in [7, 11) is 0. The summed E-state index contributed by atoms with van der Waals surface area (Å²) in [6.45, 7) is 5.69. The molecule has 0 radical (unpaired) electrons. The predicted octanol–water partition coefficient (Wildman–Crippen LogP) is 2.39. The fourth-order valence-corrected chi connectivity index (χ4v) is 3.74. The molecule has 122 valence electrons. The molecule has 5 atom stereocenters. The summed E-state index contributed by atoms with van der Waals surface area (Å²) in [6, 6.07) is 0. The number of fused-ring (bicyclic) bond motifs is 3. The topological polar surface area (TPSA) is 65.1 Å². The van der Waals surface area contributed by atoms with E-state index in [0.717, 1.165) is 25.7 Å². The highest BCUT2D eigenvalue weighted by molar-refractivity contribution is 5.76. The number of carbonyl (C=O) groups is 2. The predicted molar refractivity (Wildman–Crippen MR) is 79.0 cm³/mol. The van der Waals surface area contributed by atoms with Gasteiger partial charge in [-0.2, -0.15) is 0 Å². The lowest BCUT2D eigenvalue weighted by Gasteiger charge is -2.21. The van der Waals surface area contributed by atoms with Gasteiger partial charge in [-0.15, -0.1) is 0 Å². The van der Waals surface area contributed by atoms with E-state index in [2.05, 4.69) is 19.9 Å². The molecular formula is C17H24O5. The van der Waals surface area contributed by atoms with Gasteiger partial charge in [0.15, 0.2) is 0 Å². The Kier molecular flexibility index (Phi) is 4.02. The highest BCUT2D eigenvalue weighted by Gasteiger charge is 2.62. The summed E-state index contributed by atoms with van der Waals surface area (Å²) in [4.78, 5) is 23.3.